The maximum absolute atomic E-state index is 5.13. The van der Waals surface area contributed by atoms with Gasteiger partial charge in [-0.1, -0.05) is 82.8 Å². The molecule has 0 aliphatic heterocycles. The molecule has 0 rings (SSSR count). The normalized spacial score (nSPS) is 11.2. The van der Waals surface area contributed by atoms with Crippen LogP contribution in [-0.4, -0.2) is 7.59 Å². The standard InChI is InChI=1S/2C3H3Cl3/c2*1-2-3(4,5)6/h2*2H,1H2. The molecule has 0 nitrogen and oxygen atoms in total. The maximum atomic E-state index is 5.13. The SMILES string of the molecule is C=CC(Cl)(Cl)Cl.C=CC(Cl)(Cl)Cl. The highest BCUT2D eigenvalue weighted by atomic mass is 35.6. The Hall–Kier alpha value is 1.22. The molecule has 0 atom stereocenters. The molecule has 12 heavy (non-hydrogen) atoms. The summed E-state index contributed by atoms with van der Waals surface area (Å²) >= 11 is 30.8. The molecular formula is C6H6Cl6. The van der Waals surface area contributed by atoms with Crippen molar-refractivity contribution in [2.75, 3.05) is 0 Å². The molecule has 0 N–H and O–H groups in total. The van der Waals surface area contributed by atoms with E-state index in [-0.39, 0.29) is 0 Å². The van der Waals surface area contributed by atoms with Crippen LogP contribution in [-0.2, 0) is 0 Å². The second kappa shape index (κ2) is 6.64. The average Bonchev–Trinajstić information content (AvgIpc) is 1.86. The molecule has 0 saturated heterocycles. The largest absolute Gasteiger partial charge is 0.208 e. The molecule has 6 heteroatoms. The van der Waals surface area contributed by atoms with E-state index in [1.165, 1.54) is 12.2 Å². The summed E-state index contributed by atoms with van der Waals surface area (Å²) in [5.74, 6) is 0. The van der Waals surface area contributed by atoms with Gasteiger partial charge in [0.1, 0.15) is 0 Å². The average molecular weight is 291 g/mol. The van der Waals surface area contributed by atoms with E-state index in [1.807, 2.05) is 0 Å². The zero-order valence-corrected chi connectivity index (χ0v) is 10.4. The van der Waals surface area contributed by atoms with Gasteiger partial charge in [0, 0.05) is 0 Å². The zero-order chi connectivity index (χ0) is 10.4. The summed E-state index contributed by atoms with van der Waals surface area (Å²) in [5, 5.41) is 0. The molecule has 0 aliphatic carbocycles. The smallest absolute Gasteiger partial charge is 0.0989 e. The van der Waals surface area contributed by atoms with Gasteiger partial charge >= 0.3 is 0 Å². The minimum atomic E-state index is -1.28. The second-order valence-electron chi connectivity index (χ2n) is 1.49. The van der Waals surface area contributed by atoms with E-state index >= 15 is 0 Å². The molecule has 0 bridgehead atoms. The highest BCUT2D eigenvalue weighted by Gasteiger charge is 2.11. The van der Waals surface area contributed by atoms with Crippen molar-refractivity contribution in [2.45, 2.75) is 7.59 Å². The number of hydrogen-bond acceptors (Lipinski definition) is 0. The van der Waals surface area contributed by atoms with Gasteiger partial charge in [-0.05, 0) is 12.2 Å². The quantitative estimate of drug-likeness (QED) is 0.431. The van der Waals surface area contributed by atoms with Crippen molar-refractivity contribution in [3.05, 3.63) is 25.3 Å². The second-order valence-corrected chi connectivity index (χ2v) is 6.23. The summed E-state index contributed by atoms with van der Waals surface area (Å²) < 4.78 is -2.56. The molecular weight excluding hydrogens is 285 g/mol. The molecule has 0 aromatic carbocycles. The molecule has 0 heterocycles. The first-order valence-electron chi connectivity index (χ1n) is 2.53. The third-order valence-corrected chi connectivity index (χ3v) is 1.39. The lowest BCUT2D eigenvalue weighted by Gasteiger charge is -1.97. The molecule has 0 aromatic rings. The van der Waals surface area contributed by atoms with E-state index in [4.69, 9.17) is 69.6 Å². The van der Waals surface area contributed by atoms with Gasteiger partial charge in [0.2, 0.25) is 7.59 Å². The van der Waals surface area contributed by atoms with Gasteiger partial charge in [0.25, 0.3) is 0 Å². The Morgan fingerprint density at radius 2 is 0.750 bits per heavy atom. The number of rotatable bonds is 0. The zero-order valence-electron chi connectivity index (χ0n) is 5.84. The van der Waals surface area contributed by atoms with E-state index in [1.54, 1.807) is 0 Å². The van der Waals surface area contributed by atoms with Crippen molar-refractivity contribution in [2.24, 2.45) is 0 Å². The van der Waals surface area contributed by atoms with Gasteiger partial charge in [-0.2, -0.15) is 0 Å². The summed E-state index contributed by atoms with van der Waals surface area (Å²) in [6.45, 7) is 6.47. The lowest BCUT2D eigenvalue weighted by molar-refractivity contribution is 1.48. The topological polar surface area (TPSA) is 0 Å². The number of halogens is 6. The molecule has 72 valence electrons. The molecule has 0 amide bonds. The summed E-state index contributed by atoms with van der Waals surface area (Å²) in [6, 6.07) is 0. The Morgan fingerprint density at radius 3 is 0.750 bits per heavy atom. The first kappa shape index (κ1) is 15.7. The lowest BCUT2D eigenvalue weighted by atomic mass is 10.7. The fourth-order valence-electron chi connectivity index (χ4n) is 0. The van der Waals surface area contributed by atoms with Crippen LogP contribution in [0.3, 0.4) is 0 Å². The van der Waals surface area contributed by atoms with Crippen LogP contribution in [0, 0.1) is 0 Å². The first-order chi connectivity index (χ1) is 5.12. The first-order valence-corrected chi connectivity index (χ1v) is 4.80. The maximum Gasteiger partial charge on any atom is 0.208 e. The Kier molecular flexibility index (Phi) is 8.68. The molecule has 0 radical (unpaired) electrons. The van der Waals surface area contributed by atoms with Crippen LogP contribution in [0.25, 0.3) is 0 Å². The number of alkyl halides is 6. The van der Waals surface area contributed by atoms with Crippen molar-refractivity contribution >= 4 is 69.6 Å². The molecule has 0 saturated carbocycles. The number of hydrogen-bond donors (Lipinski definition) is 0. The van der Waals surface area contributed by atoms with Crippen molar-refractivity contribution < 1.29 is 0 Å². The summed E-state index contributed by atoms with van der Waals surface area (Å²) in [4.78, 5) is 0. The molecule has 0 aromatic heterocycles. The van der Waals surface area contributed by atoms with Crippen molar-refractivity contribution in [3.8, 4) is 0 Å². The highest BCUT2D eigenvalue weighted by Crippen LogP contribution is 2.26. The van der Waals surface area contributed by atoms with Gasteiger partial charge in [0.15, 0.2) is 0 Å². The van der Waals surface area contributed by atoms with Gasteiger partial charge in [-0.25, -0.2) is 0 Å². The van der Waals surface area contributed by atoms with Gasteiger partial charge < -0.3 is 0 Å². The predicted octanol–water partition coefficient (Wildman–Crippen LogP) is 5.09. The Morgan fingerprint density at radius 1 is 0.667 bits per heavy atom. The fourth-order valence-corrected chi connectivity index (χ4v) is 0. The Balaban J connectivity index is 0. The monoisotopic (exact) mass is 288 g/mol. The van der Waals surface area contributed by atoms with Crippen LogP contribution in [0.15, 0.2) is 25.3 Å². The Labute approximate surface area is 102 Å². The predicted molar refractivity (Wildman–Crippen MR) is 61.0 cm³/mol. The van der Waals surface area contributed by atoms with Crippen molar-refractivity contribution in [3.63, 3.8) is 0 Å². The molecule has 0 aliphatic rings. The molecule has 0 spiro atoms. The van der Waals surface area contributed by atoms with Crippen molar-refractivity contribution in [1.82, 2.24) is 0 Å². The summed E-state index contributed by atoms with van der Waals surface area (Å²) in [5.41, 5.74) is 0. The van der Waals surface area contributed by atoms with Crippen molar-refractivity contribution in [1.29, 1.82) is 0 Å². The number of allylic oxidation sites excluding steroid dienone is 2. The fraction of sp³-hybridized carbons (Fsp3) is 0.333. The van der Waals surface area contributed by atoms with E-state index < -0.39 is 7.59 Å². The summed E-state index contributed by atoms with van der Waals surface area (Å²) in [6.07, 6.45) is 2.47. The van der Waals surface area contributed by atoms with Gasteiger partial charge in [-0.3, -0.25) is 0 Å². The van der Waals surface area contributed by atoms with Gasteiger partial charge in [-0.15, -0.1) is 0 Å². The third-order valence-electron chi connectivity index (χ3n) is 0.463. The minimum Gasteiger partial charge on any atom is -0.0989 e. The molecule has 0 unspecified atom stereocenters. The van der Waals surface area contributed by atoms with E-state index in [9.17, 15) is 0 Å². The van der Waals surface area contributed by atoms with Crippen LogP contribution >= 0.6 is 69.6 Å². The van der Waals surface area contributed by atoms with Crippen LogP contribution in [0.1, 0.15) is 0 Å². The van der Waals surface area contributed by atoms with E-state index in [0.717, 1.165) is 0 Å². The van der Waals surface area contributed by atoms with Crippen LogP contribution in [0.5, 0.6) is 0 Å². The van der Waals surface area contributed by atoms with Crippen LogP contribution < -0.4 is 0 Å². The third kappa shape index (κ3) is 22.5. The summed E-state index contributed by atoms with van der Waals surface area (Å²) in [7, 11) is 0. The van der Waals surface area contributed by atoms with Crippen LogP contribution in [0.4, 0.5) is 0 Å². The Bertz CT molecular complexity index is 121. The highest BCUT2D eigenvalue weighted by molar-refractivity contribution is 6.69. The van der Waals surface area contributed by atoms with Gasteiger partial charge in [0.05, 0.1) is 0 Å². The van der Waals surface area contributed by atoms with E-state index in [0.29, 0.717) is 0 Å². The lowest BCUT2D eigenvalue weighted by Crippen LogP contribution is -1.91. The van der Waals surface area contributed by atoms with Crippen LogP contribution in [0.2, 0.25) is 0 Å². The molecule has 0 fully saturated rings. The van der Waals surface area contributed by atoms with E-state index in [2.05, 4.69) is 13.2 Å². The minimum absolute atomic E-state index is 1.23.